The molecule has 138 valence electrons. The highest BCUT2D eigenvalue weighted by Crippen LogP contribution is 2.34. The van der Waals surface area contributed by atoms with Gasteiger partial charge in [-0.3, -0.25) is 9.69 Å². The summed E-state index contributed by atoms with van der Waals surface area (Å²) >= 11 is 1.81. The predicted octanol–water partition coefficient (Wildman–Crippen LogP) is 3.14. The fraction of sp³-hybridized carbons (Fsp3) is 0.350. The number of hydrogen-bond donors (Lipinski definition) is 0. The third kappa shape index (κ3) is 4.71. The largest absolute Gasteiger partial charge is 0.497 e. The van der Waals surface area contributed by atoms with Crippen LogP contribution in [0.1, 0.15) is 0 Å². The van der Waals surface area contributed by atoms with E-state index >= 15 is 0 Å². The van der Waals surface area contributed by atoms with E-state index in [1.165, 1.54) is 4.90 Å². The third-order valence-corrected chi connectivity index (χ3v) is 5.28. The summed E-state index contributed by atoms with van der Waals surface area (Å²) in [7, 11) is 3.58. The maximum Gasteiger partial charge on any atom is 0.241 e. The van der Waals surface area contributed by atoms with E-state index in [9.17, 15) is 4.79 Å². The standard InChI is InChI=1S/C20H24N2O3S/c1-21(11-13-25-17-9-7-16(24-2)8-10-17)15-20(23)22-12-14-26-19-6-4-3-5-18(19)22/h3-10H,11-15H2,1-2H3. The number of rotatable bonds is 7. The van der Waals surface area contributed by atoms with Gasteiger partial charge in [0.2, 0.25) is 5.91 Å². The Morgan fingerprint density at radius 2 is 1.88 bits per heavy atom. The summed E-state index contributed by atoms with van der Waals surface area (Å²) in [6, 6.07) is 15.6. The van der Waals surface area contributed by atoms with Crippen LogP contribution in [0.4, 0.5) is 5.69 Å². The molecule has 1 amide bonds. The summed E-state index contributed by atoms with van der Waals surface area (Å²) in [4.78, 5) is 17.8. The van der Waals surface area contributed by atoms with E-state index in [0.29, 0.717) is 19.7 Å². The Kier molecular flexibility index (Phi) is 6.41. The maximum absolute atomic E-state index is 12.7. The van der Waals surface area contributed by atoms with Crippen molar-refractivity contribution in [2.75, 3.05) is 51.1 Å². The van der Waals surface area contributed by atoms with Gasteiger partial charge in [0, 0.05) is 23.7 Å². The number of hydrogen-bond acceptors (Lipinski definition) is 5. The van der Waals surface area contributed by atoms with Gasteiger partial charge in [-0.05, 0) is 43.4 Å². The molecule has 0 saturated heterocycles. The lowest BCUT2D eigenvalue weighted by Gasteiger charge is -2.30. The van der Waals surface area contributed by atoms with Crippen LogP contribution in [0.15, 0.2) is 53.4 Å². The summed E-state index contributed by atoms with van der Waals surface area (Å²) in [6.45, 7) is 2.35. The molecule has 1 aliphatic heterocycles. The minimum absolute atomic E-state index is 0.129. The molecule has 0 N–H and O–H groups in total. The van der Waals surface area contributed by atoms with Crippen LogP contribution in [-0.4, -0.2) is 57.0 Å². The number of amides is 1. The molecule has 3 rings (SSSR count). The Labute approximate surface area is 158 Å². The lowest BCUT2D eigenvalue weighted by molar-refractivity contribution is -0.119. The Bertz CT molecular complexity index is 736. The van der Waals surface area contributed by atoms with E-state index < -0.39 is 0 Å². The lowest BCUT2D eigenvalue weighted by Crippen LogP contribution is -2.42. The first-order valence-electron chi connectivity index (χ1n) is 8.65. The molecule has 6 heteroatoms. The minimum Gasteiger partial charge on any atom is -0.497 e. The molecule has 0 bridgehead atoms. The molecule has 1 aliphatic rings. The fourth-order valence-corrected chi connectivity index (χ4v) is 3.81. The molecule has 0 spiro atoms. The first-order valence-corrected chi connectivity index (χ1v) is 9.63. The second-order valence-electron chi connectivity index (χ2n) is 6.12. The van der Waals surface area contributed by atoms with Gasteiger partial charge < -0.3 is 14.4 Å². The SMILES string of the molecule is COc1ccc(OCCN(C)CC(=O)N2CCSc3ccccc32)cc1. The van der Waals surface area contributed by atoms with Crippen molar-refractivity contribution < 1.29 is 14.3 Å². The average Bonchev–Trinajstić information content (AvgIpc) is 2.68. The van der Waals surface area contributed by atoms with Crippen molar-refractivity contribution in [2.45, 2.75) is 4.90 Å². The van der Waals surface area contributed by atoms with Gasteiger partial charge >= 0.3 is 0 Å². The van der Waals surface area contributed by atoms with Crippen LogP contribution in [-0.2, 0) is 4.79 Å². The summed E-state index contributed by atoms with van der Waals surface area (Å²) in [6.07, 6.45) is 0. The highest BCUT2D eigenvalue weighted by Gasteiger charge is 2.23. The molecule has 0 atom stereocenters. The van der Waals surface area contributed by atoms with Crippen molar-refractivity contribution >= 4 is 23.4 Å². The second-order valence-corrected chi connectivity index (χ2v) is 7.26. The van der Waals surface area contributed by atoms with Crippen LogP contribution in [0.2, 0.25) is 0 Å². The Balaban J connectivity index is 1.47. The van der Waals surface area contributed by atoms with Gasteiger partial charge in [-0.25, -0.2) is 0 Å². The van der Waals surface area contributed by atoms with E-state index in [2.05, 4.69) is 6.07 Å². The molecule has 0 radical (unpaired) electrons. The molecule has 0 unspecified atom stereocenters. The van der Waals surface area contributed by atoms with Gasteiger partial charge in [-0.15, -0.1) is 11.8 Å². The van der Waals surface area contributed by atoms with Crippen molar-refractivity contribution in [3.63, 3.8) is 0 Å². The van der Waals surface area contributed by atoms with Crippen molar-refractivity contribution in [3.8, 4) is 11.5 Å². The number of fused-ring (bicyclic) bond motifs is 1. The summed E-state index contributed by atoms with van der Waals surface area (Å²) < 4.78 is 10.9. The zero-order chi connectivity index (χ0) is 18.4. The molecular weight excluding hydrogens is 348 g/mol. The number of likely N-dealkylation sites (N-methyl/N-ethyl adjacent to an activating group) is 1. The molecule has 26 heavy (non-hydrogen) atoms. The number of carbonyl (C=O) groups is 1. The third-order valence-electron chi connectivity index (χ3n) is 4.24. The van der Waals surface area contributed by atoms with Gasteiger partial charge in [0.05, 0.1) is 19.3 Å². The average molecular weight is 372 g/mol. The van der Waals surface area contributed by atoms with E-state index in [4.69, 9.17) is 9.47 Å². The van der Waals surface area contributed by atoms with Crippen LogP contribution in [0.5, 0.6) is 11.5 Å². The van der Waals surface area contributed by atoms with Gasteiger partial charge in [-0.2, -0.15) is 0 Å². The molecule has 1 heterocycles. The number of ether oxygens (including phenoxy) is 2. The van der Waals surface area contributed by atoms with Crippen LogP contribution < -0.4 is 14.4 Å². The van der Waals surface area contributed by atoms with E-state index in [-0.39, 0.29) is 5.91 Å². The van der Waals surface area contributed by atoms with Crippen molar-refractivity contribution in [1.29, 1.82) is 0 Å². The molecule has 5 nitrogen and oxygen atoms in total. The second kappa shape index (κ2) is 8.96. The van der Waals surface area contributed by atoms with Crippen LogP contribution in [0.3, 0.4) is 0 Å². The summed E-state index contributed by atoms with van der Waals surface area (Å²) in [5.41, 5.74) is 1.02. The van der Waals surface area contributed by atoms with Gasteiger partial charge in [0.25, 0.3) is 0 Å². The molecule has 0 fully saturated rings. The Morgan fingerprint density at radius 3 is 2.65 bits per heavy atom. The predicted molar refractivity (Wildman–Crippen MR) is 106 cm³/mol. The molecule has 2 aromatic rings. The Hall–Kier alpha value is -2.18. The number of para-hydroxylation sites is 1. The fourth-order valence-electron chi connectivity index (χ4n) is 2.82. The van der Waals surface area contributed by atoms with E-state index in [1.807, 2.05) is 59.3 Å². The normalized spacial score (nSPS) is 13.4. The van der Waals surface area contributed by atoms with Crippen molar-refractivity contribution in [3.05, 3.63) is 48.5 Å². The Morgan fingerprint density at radius 1 is 1.15 bits per heavy atom. The zero-order valence-electron chi connectivity index (χ0n) is 15.2. The highest BCUT2D eigenvalue weighted by molar-refractivity contribution is 7.99. The van der Waals surface area contributed by atoms with E-state index in [0.717, 1.165) is 29.5 Å². The molecule has 0 saturated carbocycles. The summed E-state index contributed by atoms with van der Waals surface area (Å²) in [5.74, 6) is 2.67. The van der Waals surface area contributed by atoms with Gasteiger partial charge in [0.1, 0.15) is 18.1 Å². The van der Waals surface area contributed by atoms with Gasteiger partial charge in [-0.1, -0.05) is 12.1 Å². The molecule has 2 aromatic carbocycles. The molecule has 0 aromatic heterocycles. The van der Waals surface area contributed by atoms with E-state index in [1.54, 1.807) is 18.9 Å². The molecular formula is C20H24N2O3S. The number of benzene rings is 2. The van der Waals surface area contributed by atoms with Gasteiger partial charge in [0.15, 0.2) is 0 Å². The summed E-state index contributed by atoms with van der Waals surface area (Å²) in [5, 5.41) is 0. The minimum atomic E-state index is 0.129. The number of thioether (sulfide) groups is 1. The highest BCUT2D eigenvalue weighted by atomic mass is 32.2. The zero-order valence-corrected chi connectivity index (χ0v) is 16.0. The molecule has 0 aliphatic carbocycles. The first-order chi connectivity index (χ1) is 12.7. The van der Waals surface area contributed by atoms with Crippen LogP contribution in [0, 0.1) is 0 Å². The number of carbonyl (C=O) groups excluding carboxylic acids is 1. The van der Waals surface area contributed by atoms with Crippen LogP contribution >= 0.6 is 11.8 Å². The topological polar surface area (TPSA) is 42.0 Å². The van der Waals surface area contributed by atoms with Crippen molar-refractivity contribution in [2.24, 2.45) is 0 Å². The lowest BCUT2D eigenvalue weighted by atomic mass is 10.2. The smallest absolute Gasteiger partial charge is 0.241 e. The maximum atomic E-state index is 12.7. The monoisotopic (exact) mass is 372 g/mol. The number of nitrogens with zero attached hydrogens (tertiary/aromatic N) is 2. The first kappa shape index (κ1) is 18.6. The number of methoxy groups -OCH3 is 1. The van der Waals surface area contributed by atoms with Crippen LogP contribution in [0.25, 0.3) is 0 Å². The van der Waals surface area contributed by atoms with Crippen molar-refractivity contribution in [1.82, 2.24) is 4.90 Å². The quantitative estimate of drug-likeness (QED) is 0.747. The number of anilines is 1.